The first-order valence-corrected chi connectivity index (χ1v) is 7.23. The van der Waals surface area contributed by atoms with Crippen LogP contribution in [0.1, 0.15) is 35.9 Å². The summed E-state index contributed by atoms with van der Waals surface area (Å²) in [7, 11) is 0. The van der Waals surface area contributed by atoms with E-state index in [9.17, 15) is 14.7 Å². The van der Waals surface area contributed by atoms with E-state index in [1.165, 1.54) is 0 Å². The second kappa shape index (κ2) is 6.01. The van der Waals surface area contributed by atoms with E-state index >= 15 is 0 Å². The summed E-state index contributed by atoms with van der Waals surface area (Å²) in [6.45, 7) is 0.509. The van der Waals surface area contributed by atoms with Gasteiger partial charge in [0, 0.05) is 25.4 Å². The molecule has 22 heavy (non-hydrogen) atoms. The Balaban J connectivity index is 1.65. The maximum absolute atomic E-state index is 12.1. The van der Waals surface area contributed by atoms with Crippen LogP contribution >= 0.6 is 0 Å². The van der Waals surface area contributed by atoms with Gasteiger partial charge in [0.2, 0.25) is 5.91 Å². The number of aryl methyl sites for hydroxylation is 1. The largest absolute Gasteiger partial charge is 0.481 e. The predicted octanol–water partition coefficient (Wildman–Crippen LogP) is 1.70. The molecule has 2 N–H and O–H groups in total. The van der Waals surface area contributed by atoms with Crippen molar-refractivity contribution in [2.24, 2.45) is 0 Å². The number of aromatic nitrogens is 2. The van der Waals surface area contributed by atoms with Crippen molar-refractivity contribution in [2.75, 3.05) is 0 Å². The standard InChI is InChI=1S/C16H17N3O3/c20-15(6-9-19-8-3-7-17-19)18-14-10-13(16(21)22)11-4-1-2-5-12(11)14/h1-5,7-8,13-14H,6,9-10H2,(H,18,20)(H,21,22). The van der Waals surface area contributed by atoms with Crippen molar-refractivity contribution in [3.63, 3.8) is 0 Å². The zero-order valence-corrected chi connectivity index (χ0v) is 12.0. The van der Waals surface area contributed by atoms with Crippen molar-refractivity contribution >= 4 is 11.9 Å². The smallest absolute Gasteiger partial charge is 0.311 e. The maximum Gasteiger partial charge on any atom is 0.311 e. The molecule has 1 aromatic heterocycles. The number of carboxylic acid groups (broad SMARTS) is 1. The van der Waals surface area contributed by atoms with Gasteiger partial charge >= 0.3 is 5.97 Å². The van der Waals surface area contributed by atoms with Crippen molar-refractivity contribution in [2.45, 2.75) is 31.3 Å². The molecule has 2 unspecified atom stereocenters. The lowest BCUT2D eigenvalue weighted by Crippen LogP contribution is -2.28. The fourth-order valence-corrected chi connectivity index (χ4v) is 2.92. The maximum atomic E-state index is 12.1. The Bertz CT molecular complexity index is 682. The van der Waals surface area contributed by atoms with E-state index in [4.69, 9.17) is 0 Å². The van der Waals surface area contributed by atoms with E-state index in [-0.39, 0.29) is 11.9 Å². The van der Waals surface area contributed by atoms with Crippen molar-refractivity contribution in [1.29, 1.82) is 0 Å². The van der Waals surface area contributed by atoms with E-state index in [0.29, 0.717) is 19.4 Å². The van der Waals surface area contributed by atoms with Gasteiger partial charge in [-0.2, -0.15) is 5.10 Å². The molecule has 0 saturated carbocycles. The van der Waals surface area contributed by atoms with Gasteiger partial charge < -0.3 is 10.4 Å². The van der Waals surface area contributed by atoms with Crippen LogP contribution in [0.4, 0.5) is 0 Å². The van der Waals surface area contributed by atoms with Crippen molar-refractivity contribution in [3.05, 3.63) is 53.9 Å². The number of rotatable bonds is 5. The Morgan fingerprint density at radius 3 is 2.73 bits per heavy atom. The Kier molecular flexibility index (Phi) is 3.91. The zero-order valence-electron chi connectivity index (χ0n) is 12.0. The number of nitrogens with one attached hydrogen (secondary N) is 1. The summed E-state index contributed by atoms with van der Waals surface area (Å²) in [6, 6.07) is 8.98. The minimum Gasteiger partial charge on any atom is -0.481 e. The number of nitrogens with zero attached hydrogens (tertiary/aromatic N) is 2. The molecular formula is C16H17N3O3. The fraction of sp³-hybridized carbons (Fsp3) is 0.312. The number of hydrogen-bond donors (Lipinski definition) is 2. The predicted molar refractivity (Wildman–Crippen MR) is 79.2 cm³/mol. The third-order valence-electron chi connectivity index (χ3n) is 3.98. The summed E-state index contributed by atoms with van der Waals surface area (Å²) < 4.78 is 1.70. The first-order chi connectivity index (χ1) is 10.6. The number of amides is 1. The number of aliphatic carboxylic acids is 1. The van der Waals surface area contributed by atoms with Crippen molar-refractivity contribution in [1.82, 2.24) is 15.1 Å². The Morgan fingerprint density at radius 1 is 1.27 bits per heavy atom. The van der Waals surface area contributed by atoms with Crippen LogP contribution < -0.4 is 5.32 Å². The molecule has 2 aromatic rings. The lowest BCUT2D eigenvalue weighted by molar-refractivity contribution is -0.139. The first-order valence-electron chi connectivity index (χ1n) is 7.23. The molecule has 1 amide bonds. The highest BCUT2D eigenvalue weighted by atomic mass is 16.4. The van der Waals surface area contributed by atoms with Gasteiger partial charge in [-0.3, -0.25) is 14.3 Å². The van der Waals surface area contributed by atoms with Gasteiger partial charge in [0.25, 0.3) is 0 Å². The van der Waals surface area contributed by atoms with Gasteiger partial charge in [0.15, 0.2) is 0 Å². The third kappa shape index (κ3) is 2.86. The topological polar surface area (TPSA) is 84.2 Å². The van der Waals surface area contributed by atoms with Crippen LogP contribution in [0, 0.1) is 0 Å². The molecule has 0 aliphatic heterocycles. The van der Waals surface area contributed by atoms with Crippen LogP contribution in [-0.2, 0) is 16.1 Å². The quantitative estimate of drug-likeness (QED) is 0.880. The fourth-order valence-electron chi connectivity index (χ4n) is 2.92. The summed E-state index contributed by atoms with van der Waals surface area (Å²) in [5.41, 5.74) is 1.70. The molecule has 1 heterocycles. The average molecular weight is 299 g/mol. The first kappa shape index (κ1) is 14.3. The molecule has 6 nitrogen and oxygen atoms in total. The van der Waals surface area contributed by atoms with Gasteiger partial charge in [-0.05, 0) is 23.6 Å². The Labute approximate surface area is 127 Å². The summed E-state index contributed by atoms with van der Waals surface area (Å²) in [5, 5.41) is 16.3. The van der Waals surface area contributed by atoms with Crippen molar-refractivity contribution < 1.29 is 14.7 Å². The molecule has 0 spiro atoms. The SMILES string of the molecule is O=C(CCn1cccn1)NC1CC(C(=O)O)c2ccccc21. The minimum absolute atomic E-state index is 0.0960. The van der Waals surface area contributed by atoms with Gasteiger partial charge in [0.1, 0.15) is 0 Å². The van der Waals surface area contributed by atoms with Crippen LogP contribution in [0.5, 0.6) is 0 Å². The lowest BCUT2D eigenvalue weighted by atomic mass is 10.0. The third-order valence-corrected chi connectivity index (χ3v) is 3.98. The highest BCUT2D eigenvalue weighted by molar-refractivity contribution is 5.80. The van der Waals surface area contributed by atoms with E-state index in [0.717, 1.165) is 11.1 Å². The number of carboxylic acids is 1. The van der Waals surface area contributed by atoms with Gasteiger partial charge in [-0.15, -0.1) is 0 Å². The van der Waals surface area contributed by atoms with Gasteiger partial charge in [0.05, 0.1) is 12.0 Å². The Hall–Kier alpha value is -2.63. The van der Waals surface area contributed by atoms with E-state index in [2.05, 4.69) is 10.4 Å². The molecule has 114 valence electrons. The summed E-state index contributed by atoms with van der Waals surface area (Å²) >= 11 is 0. The van der Waals surface area contributed by atoms with Crippen LogP contribution in [0.15, 0.2) is 42.7 Å². The summed E-state index contributed by atoms with van der Waals surface area (Å²) in [5.74, 6) is -1.49. The number of benzene rings is 1. The summed E-state index contributed by atoms with van der Waals surface area (Å²) in [6.07, 6.45) is 4.20. The zero-order chi connectivity index (χ0) is 15.5. The van der Waals surface area contributed by atoms with E-state index < -0.39 is 11.9 Å². The number of carbonyl (C=O) groups excluding carboxylic acids is 1. The van der Waals surface area contributed by atoms with Crippen LogP contribution in [0.2, 0.25) is 0 Å². The molecule has 0 radical (unpaired) electrons. The van der Waals surface area contributed by atoms with Crippen LogP contribution in [-0.4, -0.2) is 26.8 Å². The number of fused-ring (bicyclic) bond motifs is 1. The molecular weight excluding hydrogens is 282 g/mol. The normalized spacial score (nSPS) is 19.6. The highest BCUT2D eigenvalue weighted by Gasteiger charge is 2.35. The molecule has 2 atom stereocenters. The molecule has 0 bridgehead atoms. The molecule has 3 rings (SSSR count). The number of carbonyl (C=O) groups is 2. The van der Waals surface area contributed by atoms with Gasteiger partial charge in [-0.25, -0.2) is 0 Å². The monoisotopic (exact) mass is 299 g/mol. The van der Waals surface area contributed by atoms with E-state index in [1.807, 2.05) is 30.3 Å². The molecule has 1 aliphatic carbocycles. The highest BCUT2D eigenvalue weighted by Crippen LogP contribution is 2.40. The molecule has 0 saturated heterocycles. The molecule has 1 aromatic carbocycles. The van der Waals surface area contributed by atoms with Crippen LogP contribution in [0.3, 0.4) is 0 Å². The lowest BCUT2D eigenvalue weighted by Gasteiger charge is -2.14. The second-order valence-corrected chi connectivity index (χ2v) is 5.39. The van der Waals surface area contributed by atoms with E-state index in [1.54, 1.807) is 17.1 Å². The number of hydrogen-bond acceptors (Lipinski definition) is 3. The molecule has 1 aliphatic rings. The van der Waals surface area contributed by atoms with Crippen molar-refractivity contribution in [3.8, 4) is 0 Å². The average Bonchev–Trinajstić information content (AvgIpc) is 3.13. The second-order valence-electron chi connectivity index (χ2n) is 5.39. The molecule has 0 fully saturated rings. The minimum atomic E-state index is -0.847. The van der Waals surface area contributed by atoms with Crippen LogP contribution in [0.25, 0.3) is 0 Å². The summed E-state index contributed by atoms with van der Waals surface area (Å²) in [4.78, 5) is 23.4. The molecule has 6 heteroatoms. The van der Waals surface area contributed by atoms with Gasteiger partial charge in [-0.1, -0.05) is 24.3 Å². The Morgan fingerprint density at radius 2 is 2.05 bits per heavy atom.